The zero-order valence-electron chi connectivity index (χ0n) is 12.0. The smallest absolute Gasteiger partial charge is 0.273 e. The van der Waals surface area contributed by atoms with Gasteiger partial charge in [-0.05, 0) is 19.4 Å². The monoisotopic (exact) mass is 338 g/mol. The van der Waals surface area contributed by atoms with E-state index in [1.807, 2.05) is 0 Å². The van der Waals surface area contributed by atoms with E-state index in [1.165, 1.54) is 23.5 Å². The Kier molecular flexibility index (Phi) is 5.45. The lowest BCUT2D eigenvalue weighted by Gasteiger charge is -2.05. The molecule has 2 aromatic rings. The third-order valence-electron chi connectivity index (χ3n) is 2.80. The molecule has 0 saturated carbocycles. The van der Waals surface area contributed by atoms with Gasteiger partial charge in [0.15, 0.2) is 4.34 Å². The second-order valence-electron chi connectivity index (χ2n) is 4.38. The molecule has 1 heterocycles. The van der Waals surface area contributed by atoms with Crippen LogP contribution in [-0.4, -0.2) is 26.8 Å². The van der Waals surface area contributed by atoms with Gasteiger partial charge in [0.25, 0.3) is 11.6 Å². The van der Waals surface area contributed by atoms with Gasteiger partial charge in [-0.15, -0.1) is 10.2 Å². The second-order valence-corrected chi connectivity index (χ2v) is 6.70. The van der Waals surface area contributed by atoms with Crippen molar-refractivity contribution < 1.29 is 9.72 Å². The molecule has 22 heavy (non-hydrogen) atoms. The van der Waals surface area contributed by atoms with Gasteiger partial charge >= 0.3 is 0 Å². The summed E-state index contributed by atoms with van der Waals surface area (Å²) in [4.78, 5) is 22.6. The number of nitrogens with one attached hydrogen (secondary N) is 1. The number of anilines is 1. The molecule has 0 saturated heterocycles. The normalized spacial score (nSPS) is 10.5. The van der Waals surface area contributed by atoms with Gasteiger partial charge in [-0.1, -0.05) is 36.1 Å². The molecule has 0 radical (unpaired) electrons. The Bertz CT molecular complexity index is 702. The summed E-state index contributed by atoms with van der Waals surface area (Å²) < 4.78 is 0.785. The molecule has 0 unspecified atom stereocenters. The lowest BCUT2D eigenvalue weighted by molar-refractivity contribution is -0.385. The van der Waals surface area contributed by atoms with Gasteiger partial charge in [-0.3, -0.25) is 20.2 Å². The van der Waals surface area contributed by atoms with Gasteiger partial charge in [0.1, 0.15) is 0 Å². The van der Waals surface area contributed by atoms with Crippen LogP contribution in [0.5, 0.6) is 0 Å². The molecule has 2 rings (SSSR count). The maximum atomic E-state index is 12.2. The van der Waals surface area contributed by atoms with E-state index in [0.717, 1.165) is 16.5 Å². The first-order valence-electron chi connectivity index (χ1n) is 6.54. The summed E-state index contributed by atoms with van der Waals surface area (Å²) in [6.07, 6.45) is 1.03. The SMILES string of the molecule is CCCSc1nnc(NC(=O)c2cccc([N+](=O)[O-])c2C)s1. The van der Waals surface area contributed by atoms with Crippen LogP contribution in [0.25, 0.3) is 0 Å². The number of nitro benzene ring substituents is 1. The Balaban J connectivity index is 2.14. The predicted octanol–water partition coefficient (Wildman–Crippen LogP) is 3.51. The van der Waals surface area contributed by atoms with Crippen LogP contribution in [0, 0.1) is 17.0 Å². The summed E-state index contributed by atoms with van der Waals surface area (Å²) in [5.41, 5.74) is 0.506. The maximum Gasteiger partial charge on any atom is 0.273 e. The molecule has 1 N–H and O–H groups in total. The summed E-state index contributed by atoms with van der Waals surface area (Å²) in [7, 11) is 0. The highest BCUT2D eigenvalue weighted by atomic mass is 32.2. The van der Waals surface area contributed by atoms with E-state index in [4.69, 9.17) is 0 Å². The van der Waals surface area contributed by atoms with Crippen molar-refractivity contribution in [2.24, 2.45) is 0 Å². The van der Waals surface area contributed by atoms with Crippen LogP contribution in [0.3, 0.4) is 0 Å². The van der Waals surface area contributed by atoms with Crippen LogP contribution in [0.2, 0.25) is 0 Å². The number of hydrogen-bond donors (Lipinski definition) is 1. The molecule has 9 heteroatoms. The minimum Gasteiger partial charge on any atom is -0.296 e. The summed E-state index contributed by atoms with van der Waals surface area (Å²) in [6.45, 7) is 3.62. The van der Waals surface area contributed by atoms with Crippen molar-refractivity contribution in [3.8, 4) is 0 Å². The molecule has 7 nitrogen and oxygen atoms in total. The lowest BCUT2D eigenvalue weighted by atomic mass is 10.1. The zero-order chi connectivity index (χ0) is 16.1. The molecule has 116 valence electrons. The molecule has 0 aliphatic heterocycles. The van der Waals surface area contributed by atoms with Gasteiger partial charge in [-0.25, -0.2) is 0 Å². The van der Waals surface area contributed by atoms with Crippen molar-refractivity contribution >= 4 is 39.8 Å². The van der Waals surface area contributed by atoms with Crippen LogP contribution in [0.4, 0.5) is 10.8 Å². The third-order valence-corrected chi connectivity index (χ3v) is 4.98. The van der Waals surface area contributed by atoms with E-state index in [9.17, 15) is 14.9 Å². The van der Waals surface area contributed by atoms with E-state index in [-0.39, 0.29) is 11.3 Å². The van der Waals surface area contributed by atoms with Crippen LogP contribution < -0.4 is 5.32 Å². The van der Waals surface area contributed by atoms with Gasteiger partial charge in [0, 0.05) is 22.9 Å². The molecule has 0 atom stereocenters. The Hall–Kier alpha value is -2.00. The van der Waals surface area contributed by atoms with E-state index in [2.05, 4.69) is 22.4 Å². The average molecular weight is 338 g/mol. The number of hydrogen-bond acceptors (Lipinski definition) is 7. The topological polar surface area (TPSA) is 98.0 Å². The van der Waals surface area contributed by atoms with E-state index < -0.39 is 10.8 Å². The summed E-state index contributed by atoms with van der Waals surface area (Å²) in [5, 5.41) is 21.8. The zero-order valence-corrected chi connectivity index (χ0v) is 13.7. The summed E-state index contributed by atoms with van der Waals surface area (Å²) >= 11 is 2.87. The molecule has 1 aromatic heterocycles. The van der Waals surface area contributed by atoms with Crippen LogP contribution in [-0.2, 0) is 0 Å². The van der Waals surface area contributed by atoms with Crippen LogP contribution in [0.1, 0.15) is 29.3 Å². The van der Waals surface area contributed by atoms with E-state index >= 15 is 0 Å². The number of nitro groups is 1. The number of carbonyl (C=O) groups is 1. The van der Waals surface area contributed by atoms with Crippen molar-refractivity contribution in [2.75, 3.05) is 11.1 Å². The quantitative estimate of drug-likeness (QED) is 0.374. The fourth-order valence-electron chi connectivity index (χ4n) is 1.74. The Labute approximate surface area is 135 Å². The summed E-state index contributed by atoms with van der Waals surface area (Å²) in [6, 6.07) is 4.41. The largest absolute Gasteiger partial charge is 0.296 e. The molecule has 0 aliphatic carbocycles. The molecular weight excluding hydrogens is 324 g/mol. The van der Waals surface area contributed by atoms with Crippen molar-refractivity contribution in [3.63, 3.8) is 0 Å². The molecule has 0 aliphatic rings. The molecule has 0 spiro atoms. The van der Waals surface area contributed by atoms with Gasteiger partial charge in [0.05, 0.1) is 4.92 Å². The first-order chi connectivity index (χ1) is 10.5. The van der Waals surface area contributed by atoms with Crippen molar-refractivity contribution in [1.82, 2.24) is 10.2 Å². The highest BCUT2D eigenvalue weighted by Crippen LogP contribution is 2.27. The number of rotatable bonds is 6. The standard InChI is InChI=1S/C13H14N4O3S2/c1-3-7-21-13-16-15-12(22-13)14-11(18)9-5-4-6-10(8(9)2)17(19)20/h4-6H,3,7H2,1-2H3,(H,14,15,18). The molecule has 1 aromatic carbocycles. The van der Waals surface area contributed by atoms with E-state index in [1.54, 1.807) is 24.8 Å². The van der Waals surface area contributed by atoms with Gasteiger partial charge < -0.3 is 0 Å². The highest BCUT2D eigenvalue weighted by Gasteiger charge is 2.19. The number of carbonyl (C=O) groups excluding carboxylic acids is 1. The first-order valence-corrected chi connectivity index (χ1v) is 8.34. The van der Waals surface area contributed by atoms with Gasteiger partial charge in [-0.2, -0.15) is 0 Å². The second kappa shape index (κ2) is 7.32. The Morgan fingerprint density at radius 2 is 2.23 bits per heavy atom. The number of nitrogens with zero attached hydrogens (tertiary/aromatic N) is 3. The lowest BCUT2D eigenvalue weighted by Crippen LogP contribution is -2.14. The third kappa shape index (κ3) is 3.80. The van der Waals surface area contributed by atoms with Gasteiger partial charge in [0.2, 0.25) is 5.13 Å². The van der Waals surface area contributed by atoms with Crippen LogP contribution in [0.15, 0.2) is 22.5 Å². The fourth-order valence-corrected chi connectivity index (χ4v) is 3.41. The number of thioether (sulfide) groups is 1. The number of benzene rings is 1. The average Bonchev–Trinajstić information content (AvgIpc) is 2.92. The fraction of sp³-hybridized carbons (Fsp3) is 0.308. The minimum absolute atomic E-state index is 0.0795. The Morgan fingerprint density at radius 1 is 1.45 bits per heavy atom. The van der Waals surface area contributed by atoms with Crippen molar-refractivity contribution in [3.05, 3.63) is 39.4 Å². The molecule has 0 bridgehead atoms. The number of amides is 1. The predicted molar refractivity (Wildman–Crippen MR) is 86.7 cm³/mol. The molecular formula is C13H14N4O3S2. The highest BCUT2D eigenvalue weighted by molar-refractivity contribution is 8.01. The first kappa shape index (κ1) is 16.4. The number of aromatic nitrogens is 2. The maximum absolute atomic E-state index is 12.2. The molecule has 1 amide bonds. The van der Waals surface area contributed by atoms with Crippen molar-refractivity contribution in [2.45, 2.75) is 24.6 Å². The summed E-state index contributed by atoms with van der Waals surface area (Å²) in [5.74, 6) is 0.511. The van der Waals surface area contributed by atoms with E-state index in [0.29, 0.717) is 10.7 Å². The minimum atomic E-state index is -0.503. The van der Waals surface area contributed by atoms with Crippen molar-refractivity contribution in [1.29, 1.82) is 0 Å². The molecule has 0 fully saturated rings. The Morgan fingerprint density at radius 3 is 2.91 bits per heavy atom. The van der Waals surface area contributed by atoms with Crippen LogP contribution >= 0.6 is 23.1 Å².